The lowest BCUT2D eigenvalue weighted by molar-refractivity contribution is -0.144. The van der Waals surface area contributed by atoms with Crippen molar-refractivity contribution >= 4 is 5.97 Å². The van der Waals surface area contributed by atoms with E-state index in [-0.39, 0.29) is 30.2 Å². The van der Waals surface area contributed by atoms with Crippen LogP contribution in [0.15, 0.2) is 31.8 Å². The average molecular weight is 365 g/mol. The molecule has 2 aromatic rings. The molecule has 2 rings (SSSR count). The minimum absolute atomic E-state index is 0.0226. The maximum Gasteiger partial charge on any atom is 0.519 e. The van der Waals surface area contributed by atoms with Gasteiger partial charge in [-0.3, -0.25) is 10.1 Å². The molecule has 26 heavy (non-hydrogen) atoms. The van der Waals surface area contributed by atoms with Gasteiger partial charge in [0.1, 0.15) is 5.54 Å². The summed E-state index contributed by atoms with van der Waals surface area (Å²) in [5.41, 5.74) is -1.37. The Balaban J connectivity index is 2.24. The first-order valence-electron chi connectivity index (χ1n) is 8.05. The van der Waals surface area contributed by atoms with E-state index >= 15 is 0 Å². The van der Waals surface area contributed by atoms with Crippen LogP contribution in [0.2, 0.25) is 0 Å². The van der Waals surface area contributed by atoms with Crippen LogP contribution in [0.25, 0.3) is 0 Å². The lowest BCUT2D eigenvalue weighted by Crippen LogP contribution is -2.51. The van der Waals surface area contributed by atoms with Crippen LogP contribution in [0.1, 0.15) is 44.8 Å². The molecule has 0 unspecified atom stereocenters. The molecule has 0 aliphatic heterocycles. The Kier molecular flexibility index (Phi) is 5.18. The largest absolute Gasteiger partial charge is 0.519 e. The van der Waals surface area contributed by atoms with Crippen molar-refractivity contribution in [1.29, 1.82) is 0 Å². The molecule has 142 valence electrons. The summed E-state index contributed by atoms with van der Waals surface area (Å²) < 4.78 is 10.1. The van der Waals surface area contributed by atoms with E-state index in [1.807, 2.05) is 20.8 Å². The molecule has 1 aromatic heterocycles. The molecular formula is C18H23NO7. The van der Waals surface area contributed by atoms with E-state index in [4.69, 9.17) is 8.83 Å². The van der Waals surface area contributed by atoms with Crippen molar-refractivity contribution in [3.63, 3.8) is 0 Å². The average Bonchev–Trinajstić information content (AvgIpc) is 2.90. The Morgan fingerprint density at radius 2 is 1.77 bits per heavy atom. The Labute approximate surface area is 150 Å². The van der Waals surface area contributed by atoms with Gasteiger partial charge < -0.3 is 24.2 Å². The molecule has 8 nitrogen and oxygen atoms in total. The number of carboxylic acid groups (broad SMARTS) is 1. The predicted molar refractivity (Wildman–Crippen MR) is 92.3 cm³/mol. The topological polar surface area (TPSA) is 133 Å². The quantitative estimate of drug-likeness (QED) is 0.572. The number of carbonyl (C=O) groups is 1. The summed E-state index contributed by atoms with van der Waals surface area (Å²) in [6, 6.07) is 4.12. The third-order valence-electron chi connectivity index (χ3n) is 4.04. The summed E-state index contributed by atoms with van der Waals surface area (Å²) in [6.07, 6.45) is 0.0309. The van der Waals surface area contributed by atoms with Crippen molar-refractivity contribution in [2.24, 2.45) is 0 Å². The number of nitrogens with one attached hydrogen (secondary N) is 1. The molecule has 1 atom stereocenters. The van der Waals surface area contributed by atoms with E-state index in [1.54, 1.807) is 0 Å². The fourth-order valence-electron chi connectivity index (χ4n) is 2.57. The SMILES string of the molecule is CC(C)(C)c1oc(=O)oc1CN[C@@](C)(Cc1ccc(O)c(O)c1)C(=O)O. The zero-order chi connectivity index (χ0) is 19.7. The maximum atomic E-state index is 11.8. The molecule has 0 saturated carbocycles. The number of phenols is 2. The highest BCUT2D eigenvalue weighted by molar-refractivity contribution is 5.78. The third kappa shape index (κ3) is 4.26. The van der Waals surface area contributed by atoms with Crippen molar-refractivity contribution in [3.05, 3.63) is 45.9 Å². The standard InChI is InChI=1S/C18H23NO7/c1-17(2,3)14-13(25-16(24)26-14)9-19-18(4,15(22)23)8-10-5-6-11(20)12(21)7-10/h5-7,19-21H,8-9H2,1-4H3,(H,22,23)/t18-/m0/s1. The van der Waals surface area contributed by atoms with Crippen molar-refractivity contribution in [3.8, 4) is 11.5 Å². The zero-order valence-corrected chi connectivity index (χ0v) is 15.1. The van der Waals surface area contributed by atoms with Crippen molar-refractivity contribution in [2.75, 3.05) is 0 Å². The monoisotopic (exact) mass is 365 g/mol. The molecule has 8 heteroatoms. The number of hydrogen-bond acceptors (Lipinski definition) is 7. The fraction of sp³-hybridized carbons (Fsp3) is 0.444. The Bertz CT molecular complexity index is 859. The van der Waals surface area contributed by atoms with Crippen molar-refractivity contribution in [2.45, 2.75) is 51.6 Å². The van der Waals surface area contributed by atoms with E-state index in [9.17, 15) is 24.9 Å². The first-order chi connectivity index (χ1) is 11.9. The highest BCUT2D eigenvalue weighted by Gasteiger charge is 2.35. The molecule has 0 amide bonds. The summed E-state index contributed by atoms with van der Waals surface area (Å²) in [7, 11) is 0. The number of phenolic OH excluding ortho intramolecular Hbond substituents is 2. The van der Waals surface area contributed by atoms with E-state index in [0.29, 0.717) is 11.3 Å². The number of hydrogen-bond donors (Lipinski definition) is 4. The minimum Gasteiger partial charge on any atom is -0.504 e. The summed E-state index contributed by atoms with van der Waals surface area (Å²) in [4.78, 5) is 23.2. The number of carboxylic acids is 1. The van der Waals surface area contributed by atoms with Gasteiger partial charge >= 0.3 is 11.8 Å². The molecule has 0 aliphatic rings. The summed E-state index contributed by atoms with van der Waals surface area (Å²) >= 11 is 0. The summed E-state index contributed by atoms with van der Waals surface area (Å²) in [6.45, 7) is 7.00. The van der Waals surface area contributed by atoms with Crippen molar-refractivity contribution < 1.29 is 28.9 Å². The van der Waals surface area contributed by atoms with Gasteiger partial charge in [-0.25, -0.2) is 4.79 Å². The molecule has 1 heterocycles. The van der Waals surface area contributed by atoms with Gasteiger partial charge in [0, 0.05) is 11.8 Å². The van der Waals surface area contributed by atoms with Crippen LogP contribution < -0.4 is 11.1 Å². The summed E-state index contributed by atoms with van der Waals surface area (Å²) in [5.74, 6) is -1.98. The van der Waals surface area contributed by atoms with Gasteiger partial charge in [0.2, 0.25) is 0 Å². The van der Waals surface area contributed by atoms with Gasteiger partial charge in [-0.1, -0.05) is 26.8 Å². The van der Waals surface area contributed by atoms with E-state index in [2.05, 4.69) is 5.32 Å². The number of aromatic hydroxyl groups is 2. The number of benzene rings is 1. The van der Waals surface area contributed by atoms with Crippen LogP contribution >= 0.6 is 0 Å². The van der Waals surface area contributed by atoms with Gasteiger partial charge in [0.15, 0.2) is 23.0 Å². The van der Waals surface area contributed by atoms with Gasteiger partial charge in [0.25, 0.3) is 0 Å². The fourth-order valence-corrected chi connectivity index (χ4v) is 2.57. The normalized spacial score (nSPS) is 14.2. The van der Waals surface area contributed by atoms with Crippen LogP contribution in [-0.4, -0.2) is 26.8 Å². The molecule has 0 spiro atoms. The lowest BCUT2D eigenvalue weighted by atomic mass is 9.90. The van der Waals surface area contributed by atoms with Crippen LogP contribution in [0.4, 0.5) is 0 Å². The molecule has 0 bridgehead atoms. The van der Waals surface area contributed by atoms with E-state index < -0.39 is 22.7 Å². The highest BCUT2D eigenvalue weighted by atomic mass is 16.6. The maximum absolute atomic E-state index is 11.8. The van der Waals surface area contributed by atoms with Crippen molar-refractivity contribution in [1.82, 2.24) is 5.32 Å². The van der Waals surface area contributed by atoms with Gasteiger partial charge in [-0.15, -0.1) is 0 Å². The molecule has 4 N–H and O–H groups in total. The van der Waals surface area contributed by atoms with Gasteiger partial charge in [-0.05, 0) is 24.6 Å². The van der Waals surface area contributed by atoms with Gasteiger partial charge in [-0.2, -0.15) is 0 Å². The summed E-state index contributed by atoms with van der Waals surface area (Å²) in [5, 5.41) is 31.5. The number of aliphatic carboxylic acids is 1. The Morgan fingerprint density at radius 1 is 1.12 bits per heavy atom. The molecule has 1 aromatic carbocycles. The number of rotatable bonds is 6. The Morgan fingerprint density at radius 3 is 2.31 bits per heavy atom. The highest BCUT2D eigenvalue weighted by Crippen LogP contribution is 2.28. The first-order valence-corrected chi connectivity index (χ1v) is 8.05. The molecule has 0 radical (unpaired) electrons. The lowest BCUT2D eigenvalue weighted by Gasteiger charge is -2.26. The van der Waals surface area contributed by atoms with E-state index in [0.717, 1.165) is 0 Å². The smallest absolute Gasteiger partial charge is 0.504 e. The molecular weight excluding hydrogens is 342 g/mol. The first kappa shape index (κ1) is 19.6. The minimum atomic E-state index is -1.41. The second-order valence-corrected chi connectivity index (χ2v) is 7.45. The molecule has 0 fully saturated rings. The molecule has 0 saturated heterocycles. The van der Waals surface area contributed by atoms with Crippen LogP contribution in [-0.2, 0) is 23.2 Å². The van der Waals surface area contributed by atoms with Crippen LogP contribution in [0.5, 0.6) is 11.5 Å². The van der Waals surface area contributed by atoms with E-state index in [1.165, 1.54) is 25.1 Å². The van der Waals surface area contributed by atoms with Crippen LogP contribution in [0, 0.1) is 0 Å². The predicted octanol–water partition coefficient (Wildman–Crippen LogP) is 2.12. The van der Waals surface area contributed by atoms with Gasteiger partial charge in [0.05, 0.1) is 6.54 Å². The Hall–Kier alpha value is -2.74. The van der Waals surface area contributed by atoms with Crippen LogP contribution in [0.3, 0.4) is 0 Å². The second-order valence-electron chi connectivity index (χ2n) is 7.45. The molecule has 0 aliphatic carbocycles. The third-order valence-corrected chi connectivity index (χ3v) is 4.04. The second kappa shape index (κ2) is 6.87. The zero-order valence-electron chi connectivity index (χ0n) is 15.1.